The molecular formula is C13H15ClFN. The van der Waals surface area contributed by atoms with Crippen LogP contribution in [0.4, 0.5) is 4.39 Å². The Kier molecular flexibility index (Phi) is 4.56. The molecule has 3 heteroatoms. The van der Waals surface area contributed by atoms with E-state index in [9.17, 15) is 4.39 Å². The Bertz CT molecular complexity index is 391. The Balaban J connectivity index is 2.84. The first-order chi connectivity index (χ1) is 7.60. The van der Waals surface area contributed by atoms with Crippen molar-refractivity contribution in [3.63, 3.8) is 0 Å². The van der Waals surface area contributed by atoms with Gasteiger partial charge in [0, 0.05) is 17.8 Å². The lowest BCUT2D eigenvalue weighted by Gasteiger charge is -2.08. The van der Waals surface area contributed by atoms with Gasteiger partial charge in [-0.05, 0) is 24.1 Å². The number of hydrogen-bond acceptors (Lipinski definition) is 1. The van der Waals surface area contributed by atoms with Gasteiger partial charge >= 0.3 is 0 Å². The van der Waals surface area contributed by atoms with Crippen molar-refractivity contribution < 1.29 is 4.39 Å². The number of rotatable bonds is 4. The monoisotopic (exact) mass is 239 g/mol. The molecule has 0 fully saturated rings. The molecular weight excluding hydrogens is 225 g/mol. The van der Waals surface area contributed by atoms with Crippen LogP contribution in [-0.2, 0) is 0 Å². The van der Waals surface area contributed by atoms with Gasteiger partial charge in [0.05, 0.1) is 5.03 Å². The second-order valence-electron chi connectivity index (χ2n) is 3.58. The zero-order valence-corrected chi connectivity index (χ0v) is 10.0. The van der Waals surface area contributed by atoms with Crippen molar-refractivity contribution in [2.45, 2.75) is 13.3 Å². The first-order valence-corrected chi connectivity index (χ1v) is 5.43. The molecule has 0 radical (unpaired) electrons. The van der Waals surface area contributed by atoms with E-state index in [0.29, 0.717) is 0 Å². The van der Waals surface area contributed by atoms with Crippen molar-refractivity contribution in [3.8, 4) is 0 Å². The van der Waals surface area contributed by atoms with Crippen LogP contribution in [0, 0.1) is 5.92 Å². The molecule has 0 saturated carbocycles. The van der Waals surface area contributed by atoms with Gasteiger partial charge in [-0.2, -0.15) is 0 Å². The summed E-state index contributed by atoms with van der Waals surface area (Å²) < 4.78 is 13.1. The van der Waals surface area contributed by atoms with E-state index in [2.05, 4.69) is 18.5 Å². The fourth-order valence-corrected chi connectivity index (χ4v) is 1.69. The van der Waals surface area contributed by atoms with Crippen LogP contribution in [-0.4, -0.2) is 0 Å². The van der Waals surface area contributed by atoms with Crippen LogP contribution in [0.2, 0.25) is 0 Å². The maximum Gasteiger partial charge on any atom is 0.141 e. The summed E-state index contributed by atoms with van der Waals surface area (Å²) in [4.78, 5) is 0. The lowest BCUT2D eigenvalue weighted by atomic mass is 9.98. The van der Waals surface area contributed by atoms with Gasteiger partial charge in [-0.25, -0.2) is 4.39 Å². The number of nitrogens with one attached hydrogen (secondary N) is 1. The second-order valence-corrected chi connectivity index (χ2v) is 3.98. The topological polar surface area (TPSA) is 12.0 Å². The standard InChI is InChI=1S/C13H15ClFN/c1-4-6-10-8-16-13(9(10)3)7-11(14)12(15)5-2/h4-5,7-9,16H,1-2,6H2,3H3/b12-11-,13-7+. The van der Waals surface area contributed by atoms with Gasteiger partial charge in [0.25, 0.3) is 0 Å². The van der Waals surface area contributed by atoms with Crippen molar-refractivity contribution in [2.75, 3.05) is 0 Å². The Morgan fingerprint density at radius 2 is 2.31 bits per heavy atom. The molecule has 1 unspecified atom stereocenters. The van der Waals surface area contributed by atoms with Crippen molar-refractivity contribution >= 4 is 11.6 Å². The molecule has 0 saturated heterocycles. The van der Waals surface area contributed by atoms with Crippen molar-refractivity contribution in [3.05, 3.63) is 59.7 Å². The maximum absolute atomic E-state index is 13.1. The van der Waals surface area contributed by atoms with Crippen molar-refractivity contribution in [2.24, 2.45) is 5.92 Å². The van der Waals surface area contributed by atoms with Gasteiger partial charge in [-0.1, -0.05) is 31.2 Å². The molecule has 1 N–H and O–H groups in total. The summed E-state index contributed by atoms with van der Waals surface area (Å²) in [5.74, 6) is -0.301. The molecule has 0 aliphatic carbocycles. The molecule has 1 aliphatic heterocycles. The molecule has 86 valence electrons. The highest BCUT2D eigenvalue weighted by molar-refractivity contribution is 6.31. The minimum absolute atomic E-state index is 0.0672. The number of hydrogen-bond donors (Lipinski definition) is 1. The molecule has 1 aliphatic rings. The molecule has 0 amide bonds. The summed E-state index contributed by atoms with van der Waals surface area (Å²) in [7, 11) is 0. The summed E-state index contributed by atoms with van der Waals surface area (Å²) >= 11 is 5.78. The van der Waals surface area contributed by atoms with Crippen LogP contribution in [0.5, 0.6) is 0 Å². The van der Waals surface area contributed by atoms with Gasteiger partial charge < -0.3 is 5.32 Å². The quantitative estimate of drug-likeness (QED) is 0.573. The molecule has 1 rings (SSSR count). The van der Waals surface area contributed by atoms with Gasteiger partial charge in [0.15, 0.2) is 0 Å². The van der Waals surface area contributed by atoms with Crippen molar-refractivity contribution in [1.82, 2.24) is 5.32 Å². The molecule has 1 nitrogen and oxygen atoms in total. The SMILES string of the molecule is C=CCC1=CN/C(=C/C(Cl)=C(/F)C=C)C1C. The zero-order chi connectivity index (χ0) is 12.1. The molecule has 0 aromatic rings. The Morgan fingerprint density at radius 1 is 1.62 bits per heavy atom. The lowest BCUT2D eigenvalue weighted by Crippen LogP contribution is -2.05. The molecule has 16 heavy (non-hydrogen) atoms. The summed E-state index contributed by atoms with van der Waals surface area (Å²) in [5.41, 5.74) is 2.10. The summed E-state index contributed by atoms with van der Waals surface area (Å²) in [6.45, 7) is 9.05. The minimum Gasteiger partial charge on any atom is -0.364 e. The minimum atomic E-state index is -0.514. The normalized spacial score (nSPS) is 23.6. The average Bonchev–Trinajstić information content (AvgIpc) is 2.61. The lowest BCUT2D eigenvalue weighted by molar-refractivity contribution is 0.664. The highest BCUT2D eigenvalue weighted by atomic mass is 35.5. The largest absolute Gasteiger partial charge is 0.364 e. The second kappa shape index (κ2) is 5.71. The Hall–Kier alpha value is -1.28. The highest BCUT2D eigenvalue weighted by Gasteiger charge is 2.18. The van der Waals surface area contributed by atoms with E-state index < -0.39 is 5.83 Å². The van der Waals surface area contributed by atoms with E-state index in [1.165, 1.54) is 5.57 Å². The molecule has 1 atom stereocenters. The summed E-state index contributed by atoms with van der Waals surface area (Å²) in [6, 6.07) is 0. The molecule has 1 heterocycles. The number of halogens is 2. The van der Waals surface area contributed by atoms with Crippen molar-refractivity contribution in [1.29, 1.82) is 0 Å². The zero-order valence-electron chi connectivity index (χ0n) is 9.26. The van der Waals surface area contributed by atoms with E-state index in [4.69, 9.17) is 11.6 Å². The van der Waals surface area contributed by atoms with Crippen LogP contribution in [0.3, 0.4) is 0 Å². The fourth-order valence-electron chi connectivity index (χ4n) is 1.50. The molecule has 0 bridgehead atoms. The third-order valence-corrected chi connectivity index (χ3v) is 2.81. The smallest absolute Gasteiger partial charge is 0.141 e. The van der Waals surface area contributed by atoms with Crippen LogP contribution < -0.4 is 5.32 Å². The molecule has 0 aromatic carbocycles. The van der Waals surface area contributed by atoms with Crippen LogP contribution in [0.25, 0.3) is 0 Å². The Morgan fingerprint density at radius 3 is 2.88 bits per heavy atom. The van der Waals surface area contributed by atoms with E-state index in [0.717, 1.165) is 18.2 Å². The average molecular weight is 240 g/mol. The Labute approximate surface area is 101 Å². The van der Waals surface area contributed by atoms with E-state index in [1.54, 1.807) is 6.08 Å². The van der Waals surface area contributed by atoms with Gasteiger partial charge in [-0.3, -0.25) is 0 Å². The van der Waals surface area contributed by atoms with Gasteiger partial charge in [0.2, 0.25) is 0 Å². The fraction of sp³-hybridized carbons (Fsp3) is 0.231. The third kappa shape index (κ3) is 2.86. The predicted octanol–water partition coefficient (Wildman–Crippen LogP) is 4.18. The first kappa shape index (κ1) is 12.8. The van der Waals surface area contributed by atoms with Gasteiger partial charge in [-0.15, -0.1) is 6.58 Å². The third-order valence-electron chi connectivity index (χ3n) is 2.52. The van der Waals surface area contributed by atoms with Crippen LogP contribution in [0.15, 0.2) is 59.7 Å². The predicted molar refractivity (Wildman–Crippen MR) is 67.5 cm³/mol. The van der Waals surface area contributed by atoms with E-state index in [-0.39, 0.29) is 11.0 Å². The van der Waals surface area contributed by atoms with E-state index in [1.807, 2.05) is 19.2 Å². The van der Waals surface area contributed by atoms with Crippen LogP contribution >= 0.6 is 11.6 Å². The molecule has 0 spiro atoms. The summed E-state index contributed by atoms with van der Waals surface area (Å²) in [6.07, 6.45) is 7.26. The van der Waals surface area contributed by atoms with E-state index >= 15 is 0 Å². The maximum atomic E-state index is 13.1. The summed E-state index contributed by atoms with van der Waals surface area (Å²) in [5, 5.41) is 3.15. The number of allylic oxidation sites excluding steroid dienone is 6. The van der Waals surface area contributed by atoms with Gasteiger partial charge in [0.1, 0.15) is 5.83 Å². The highest BCUT2D eigenvalue weighted by Crippen LogP contribution is 2.28. The first-order valence-electron chi connectivity index (χ1n) is 5.05. The van der Waals surface area contributed by atoms with Crippen LogP contribution in [0.1, 0.15) is 13.3 Å². The molecule has 0 aromatic heterocycles.